The third-order valence-corrected chi connectivity index (χ3v) is 6.75. The van der Waals surface area contributed by atoms with Crippen molar-refractivity contribution in [2.24, 2.45) is 15.9 Å². The number of hydrogen-bond donors (Lipinski definition) is 1. The Balaban J connectivity index is 1.24. The van der Waals surface area contributed by atoms with E-state index in [1.165, 1.54) is 17.1 Å². The molecule has 3 saturated carbocycles. The van der Waals surface area contributed by atoms with Crippen LogP contribution in [0.2, 0.25) is 0 Å². The summed E-state index contributed by atoms with van der Waals surface area (Å²) >= 11 is 0. The largest absolute Gasteiger partial charge is 0.477 e. The zero-order valence-corrected chi connectivity index (χ0v) is 17.1. The molecule has 0 spiro atoms. The van der Waals surface area contributed by atoms with Crippen LogP contribution in [0.3, 0.4) is 0 Å². The second-order valence-electron chi connectivity index (χ2n) is 9.09. The summed E-state index contributed by atoms with van der Waals surface area (Å²) in [6.45, 7) is 1.77. The number of carbonyl (C=O) groups excluding carboxylic acids is 1. The van der Waals surface area contributed by atoms with Gasteiger partial charge in [0.05, 0.1) is 24.7 Å². The summed E-state index contributed by atoms with van der Waals surface area (Å²) in [6.07, 6.45) is 5.91. The highest BCUT2D eigenvalue weighted by atomic mass is 19.1. The molecule has 6 rings (SSSR count). The van der Waals surface area contributed by atoms with Crippen LogP contribution >= 0.6 is 0 Å². The van der Waals surface area contributed by atoms with Gasteiger partial charge in [-0.1, -0.05) is 6.07 Å². The molecule has 2 aromatic rings. The second-order valence-corrected chi connectivity index (χ2v) is 9.09. The first-order chi connectivity index (χ1) is 14.8. The van der Waals surface area contributed by atoms with Gasteiger partial charge in [-0.2, -0.15) is 5.10 Å². The van der Waals surface area contributed by atoms with Gasteiger partial charge in [0, 0.05) is 35.9 Å². The maximum absolute atomic E-state index is 14.1. The average molecular weight is 427 g/mol. The molecular formula is C23H23F2N3O3. The predicted molar refractivity (Wildman–Crippen MR) is 108 cm³/mol. The lowest BCUT2D eigenvalue weighted by Crippen LogP contribution is -2.69. The normalized spacial score (nSPS) is 28.3. The smallest absolute Gasteiger partial charge is 0.249 e. The van der Waals surface area contributed by atoms with Gasteiger partial charge in [-0.15, -0.1) is 0 Å². The molecule has 1 aromatic carbocycles. The summed E-state index contributed by atoms with van der Waals surface area (Å²) in [5.41, 5.74) is 0.556. The van der Waals surface area contributed by atoms with Gasteiger partial charge in [-0.3, -0.25) is 4.79 Å². The van der Waals surface area contributed by atoms with Crippen molar-refractivity contribution in [3.8, 4) is 5.88 Å². The van der Waals surface area contributed by atoms with Crippen LogP contribution in [0.15, 0.2) is 35.6 Å². The standard InChI is InChI=1S/C23H23F2N3O3/c1-14-2-3-20(26-8-14)31-13-22-10-23(11-22,12-22)21(30)28-19(4-5-27-28)15-6-17(24)16(9-29)18(25)7-15/h2-3,5-8,19,29H,4,9-13H2,1H3. The van der Waals surface area contributed by atoms with E-state index in [4.69, 9.17) is 9.84 Å². The Labute approximate surface area is 178 Å². The number of aliphatic hydroxyl groups excluding tert-OH is 1. The summed E-state index contributed by atoms with van der Waals surface area (Å²) in [5.74, 6) is -1.16. The molecular weight excluding hydrogens is 404 g/mol. The van der Waals surface area contributed by atoms with Crippen molar-refractivity contribution < 1.29 is 23.4 Å². The molecule has 2 bridgehead atoms. The third-order valence-electron chi connectivity index (χ3n) is 6.75. The summed E-state index contributed by atoms with van der Waals surface area (Å²) in [4.78, 5) is 17.5. The zero-order chi connectivity index (χ0) is 21.8. The molecule has 1 unspecified atom stereocenters. The number of hydrogen-bond acceptors (Lipinski definition) is 5. The predicted octanol–water partition coefficient (Wildman–Crippen LogP) is 3.67. The highest BCUT2D eigenvalue weighted by molar-refractivity contribution is 5.88. The molecule has 1 aliphatic heterocycles. The number of aryl methyl sites for hydroxylation is 1. The topological polar surface area (TPSA) is 75.0 Å². The summed E-state index contributed by atoms with van der Waals surface area (Å²) < 4.78 is 34.1. The van der Waals surface area contributed by atoms with Crippen LogP contribution in [0.25, 0.3) is 0 Å². The molecule has 6 nitrogen and oxygen atoms in total. The molecule has 1 N–H and O–H groups in total. The van der Waals surface area contributed by atoms with Crippen molar-refractivity contribution >= 4 is 12.1 Å². The van der Waals surface area contributed by atoms with Gasteiger partial charge >= 0.3 is 0 Å². The van der Waals surface area contributed by atoms with E-state index >= 15 is 0 Å². The van der Waals surface area contributed by atoms with Crippen molar-refractivity contribution in [2.45, 2.75) is 45.3 Å². The molecule has 1 aromatic heterocycles. The lowest BCUT2D eigenvalue weighted by atomic mass is 9.35. The summed E-state index contributed by atoms with van der Waals surface area (Å²) in [7, 11) is 0. The second kappa shape index (κ2) is 7.09. The van der Waals surface area contributed by atoms with Gasteiger partial charge in [0.15, 0.2) is 0 Å². The van der Waals surface area contributed by atoms with Crippen LogP contribution in [0, 0.1) is 29.4 Å². The van der Waals surface area contributed by atoms with Gasteiger partial charge in [0.1, 0.15) is 11.6 Å². The zero-order valence-electron chi connectivity index (χ0n) is 17.1. The molecule has 0 saturated heterocycles. The minimum atomic E-state index is -0.817. The number of benzene rings is 1. The monoisotopic (exact) mass is 427 g/mol. The fourth-order valence-electron chi connectivity index (χ4n) is 5.24. The van der Waals surface area contributed by atoms with Crippen LogP contribution in [-0.2, 0) is 11.4 Å². The van der Waals surface area contributed by atoms with Crippen molar-refractivity contribution in [2.75, 3.05) is 6.61 Å². The minimum absolute atomic E-state index is 0.0118. The van der Waals surface area contributed by atoms with Crippen LogP contribution in [0.4, 0.5) is 8.78 Å². The van der Waals surface area contributed by atoms with Crippen LogP contribution in [0.5, 0.6) is 5.88 Å². The van der Waals surface area contributed by atoms with E-state index in [-0.39, 0.29) is 16.9 Å². The van der Waals surface area contributed by atoms with E-state index in [1.54, 1.807) is 12.4 Å². The first kappa shape index (κ1) is 20.1. The van der Waals surface area contributed by atoms with E-state index in [1.807, 2.05) is 19.1 Å². The lowest BCUT2D eigenvalue weighted by molar-refractivity contribution is -0.227. The molecule has 162 valence electrons. The Morgan fingerprint density at radius 3 is 2.58 bits per heavy atom. The average Bonchev–Trinajstić information content (AvgIpc) is 3.17. The molecule has 3 aliphatic carbocycles. The molecule has 4 aliphatic rings. The maximum Gasteiger partial charge on any atom is 0.249 e. The Hall–Kier alpha value is -2.87. The third kappa shape index (κ3) is 3.20. The molecule has 1 atom stereocenters. The SMILES string of the molecule is Cc1ccc(OCC23CC(C(=O)N4N=CCC4c4cc(F)c(CO)c(F)c4)(C2)C3)nc1. The number of hydrazone groups is 1. The highest BCUT2D eigenvalue weighted by Gasteiger charge is 2.73. The number of aromatic nitrogens is 1. The van der Waals surface area contributed by atoms with Gasteiger partial charge in [-0.25, -0.2) is 18.8 Å². The van der Waals surface area contributed by atoms with Crippen LogP contribution in [0.1, 0.15) is 48.4 Å². The fourth-order valence-corrected chi connectivity index (χ4v) is 5.24. The summed E-state index contributed by atoms with van der Waals surface area (Å²) in [5, 5.41) is 14.7. The Morgan fingerprint density at radius 1 is 1.26 bits per heavy atom. The Kier molecular flexibility index (Phi) is 4.58. The molecule has 0 radical (unpaired) electrons. The van der Waals surface area contributed by atoms with E-state index in [0.717, 1.165) is 24.8 Å². The summed E-state index contributed by atoms with van der Waals surface area (Å²) in [6, 6.07) is 5.60. The van der Waals surface area contributed by atoms with Crippen LogP contribution < -0.4 is 4.74 Å². The molecule has 2 heterocycles. The van der Waals surface area contributed by atoms with Crippen molar-refractivity contribution in [3.05, 3.63) is 58.8 Å². The maximum atomic E-state index is 14.1. The Morgan fingerprint density at radius 2 is 1.97 bits per heavy atom. The molecule has 3 fully saturated rings. The van der Waals surface area contributed by atoms with Crippen molar-refractivity contribution in [1.82, 2.24) is 9.99 Å². The first-order valence-electron chi connectivity index (χ1n) is 10.4. The number of halogens is 2. The number of aliphatic hydroxyl groups is 1. The quantitative estimate of drug-likeness (QED) is 0.763. The van der Waals surface area contributed by atoms with Gasteiger partial charge in [0.25, 0.3) is 0 Å². The molecule has 8 heteroatoms. The minimum Gasteiger partial charge on any atom is -0.477 e. The number of carbonyl (C=O) groups is 1. The highest BCUT2D eigenvalue weighted by Crippen LogP contribution is 2.74. The van der Waals surface area contributed by atoms with Crippen molar-refractivity contribution in [1.29, 1.82) is 0 Å². The van der Waals surface area contributed by atoms with Gasteiger partial charge in [-0.05, 0) is 49.4 Å². The number of ether oxygens (including phenoxy) is 1. The number of nitrogens with zero attached hydrogens (tertiary/aromatic N) is 3. The molecule has 31 heavy (non-hydrogen) atoms. The number of rotatable bonds is 6. The van der Waals surface area contributed by atoms with Gasteiger partial charge in [0.2, 0.25) is 11.8 Å². The van der Waals surface area contributed by atoms with E-state index in [9.17, 15) is 13.6 Å². The molecule has 1 amide bonds. The van der Waals surface area contributed by atoms with E-state index < -0.39 is 29.7 Å². The number of pyridine rings is 1. The fraction of sp³-hybridized carbons (Fsp3) is 0.435. The van der Waals surface area contributed by atoms with Crippen molar-refractivity contribution in [3.63, 3.8) is 0 Å². The lowest BCUT2D eigenvalue weighted by Gasteiger charge is -2.69. The van der Waals surface area contributed by atoms with Gasteiger partial charge < -0.3 is 9.84 Å². The number of amides is 1. The first-order valence-corrected chi connectivity index (χ1v) is 10.4. The Bertz CT molecular complexity index is 1030. The van der Waals surface area contributed by atoms with E-state index in [2.05, 4.69) is 10.1 Å². The van der Waals surface area contributed by atoms with E-state index in [0.29, 0.717) is 24.5 Å². The van der Waals surface area contributed by atoms with Crippen LogP contribution in [-0.4, -0.2) is 33.8 Å².